The van der Waals surface area contributed by atoms with E-state index in [-0.39, 0.29) is 0 Å². The molecule has 1 N–H and O–H groups in total. The largest absolute Gasteiger partial charge is 0.376 e. The summed E-state index contributed by atoms with van der Waals surface area (Å²) in [6.07, 6.45) is 7.22. The Morgan fingerprint density at radius 3 is 3.27 bits per heavy atom. The van der Waals surface area contributed by atoms with Crippen LogP contribution in [0.5, 0.6) is 0 Å². The van der Waals surface area contributed by atoms with Gasteiger partial charge >= 0.3 is 0 Å². The highest BCUT2D eigenvalue weighted by Crippen LogP contribution is 2.14. The molecular weight excluding hydrogens is 188 g/mol. The molecule has 1 atom stereocenters. The molecule has 0 bridgehead atoms. The molecule has 0 spiro atoms. The van der Waals surface area contributed by atoms with E-state index in [1.54, 1.807) is 0 Å². The second-order valence-electron chi connectivity index (χ2n) is 4.13. The van der Waals surface area contributed by atoms with Crippen LogP contribution in [0.25, 0.3) is 0 Å². The highest BCUT2D eigenvalue weighted by Gasteiger charge is 2.15. The first-order chi connectivity index (χ1) is 7.38. The Bertz CT molecular complexity index is 290. The summed E-state index contributed by atoms with van der Waals surface area (Å²) in [5.41, 5.74) is 1.36. The van der Waals surface area contributed by atoms with Gasteiger partial charge in [0.1, 0.15) is 0 Å². The number of aromatic nitrogens is 1. The van der Waals surface area contributed by atoms with Crippen molar-refractivity contribution in [3.8, 4) is 0 Å². The number of hydrogen-bond donors (Lipinski definition) is 1. The van der Waals surface area contributed by atoms with Crippen LogP contribution in [0.1, 0.15) is 25.3 Å². The number of nitrogens with zero attached hydrogens (tertiary/aromatic N) is 1. The smallest absolute Gasteiger partial charge is 0.0754 e. The fourth-order valence-corrected chi connectivity index (χ4v) is 2.00. The molecule has 2 rings (SSSR count). The first-order valence-electron chi connectivity index (χ1n) is 5.85. The first-order valence-corrected chi connectivity index (χ1v) is 5.85. The standard InChI is InChI=1S/C12H20N2O/c1-2-13-8-11-5-6-14(9-11)10-12-4-3-7-15-12/h5-6,9,12-13H,2-4,7-8,10H2,1H3. The SMILES string of the molecule is CCNCc1ccn(CC2CCCO2)c1. The molecule has 1 aliphatic heterocycles. The van der Waals surface area contributed by atoms with Crippen LogP contribution in [-0.4, -0.2) is 23.8 Å². The van der Waals surface area contributed by atoms with Gasteiger partial charge in [0.25, 0.3) is 0 Å². The number of nitrogens with one attached hydrogen (secondary N) is 1. The fourth-order valence-electron chi connectivity index (χ4n) is 2.00. The lowest BCUT2D eigenvalue weighted by molar-refractivity contribution is 0.0971. The molecule has 3 heteroatoms. The van der Waals surface area contributed by atoms with Crippen LogP contribution in [-0.2, 0) is 17.8 Å². The number of ether oxygens (including phenoxy) is 1. The van der Waals surface area contributed by atoms with Crippen LogP contribution in [0.3, 0.4) is 0 Å². The molecule has 1 saturated heterocycles. The van der Waals surface area contributed by atoms with Crippen molar-refractivity contribution < 1.29 is 4.74 Å². The van der Waals surface area contributed by atoms with Crippen LogP contribution in [0.2, 0.25) is 0 Å². The van der Waals surface area contributed by atoms with Gasteiger partial charge in [0.15, 0.2) is 0 Å². The minimum Gasteiger partial charge on any atom is -0.376 e. The van der Waals surface area contributed by atoms with Crippen molar-refractivity contribution in [1.82, 2.24) is 9.88 Å². The zero-order valence-corrected chi connectivity index (χ0v) is 9.41. The van der Waals surface area contributed by atoms with Gasteiger partial charge in [-0.1, -0.05) is 6.92 Å². The van der Waals surface area contributed by atoms with Crippen LogP contribution < -0.4 is 5.32 Å². The normalized spacial score (nSPS) is 21.0. The molecule has 0 amide bonds. The van der Waals surface area contributed by atoms with E-state index >= 15 is 0 Å². The summed E-state index contributed by atoms with van der Waals surface area (Å²) in [5.74, 6) is 0. The van der Waals surface area contributed by atoms with E-state index in [0.29, 0.717) is 6.10 Å². The van der Waals surface area contributed by atoms with E-state index in [1.165, 1.54) is 18.4 Å². The average molecular weight is 208 g/mol. The van der Waals surface area contributed by atoms with E-state index in [4.69, 9.17) is 4.74 Å². The lowest BCUT2D eigenvalue weighted by Crippen LogP contribution is -2.14. The van der Waals surface area contributed by atoms with Gasteiger partial charge in [-0.25, -0.2) is 0 Å². The summed E-state index contributed by atoms with van der Waals surface area (Å²) in [6, 6.07) is 2.18. The summed E-state index contributed by atoms with van der Waals surface area (Å²) in [4.78, 5) is 0. The van der Waals surface area contributed by atoms with E-state index in [9.17, 15) is 0 Å². The Morgan fingerprint density at radius 2 is 2.53 bits per heavy atom. The Balaban J connectivity index is 1.83. The van der Waals surface area contributed by atoms with Gasteiger partial charge in [0, 0.05) is 32.1 Å². The molecule has 1 fully saturated rings. The van der Waals surface area contributed by atoms with Crippen LogP contribution in [0, 0.1) is 0 Å². The van der Waals surface area contributed by atoms with E-state index in [2.05, 4.69) is 35.3 Å². The summed E-state index contributed by atoms with van der Waals surface area (Å²) in [5, 5.41) is 3.33. The molecule has 0 aromatic carbocycles. The van der Waals surface area contributed by atoms with Crippen LogP contribution in [0.4, 0.5) is 0 Å². The average Bonchev–Trinajstić information content (AvgIpc) is 2.87. The van der Waals surface area contributed by atoms with Gasteiger partial charge in [-0.3, -0.25) is 0 Å². The van der Waals surface area contributed by atoms with E-state index < -0.39 is 0 Å². The zero-order valence-electron chi connectivity index (χ0n) is 9.41. The number of hydrogen-bond acceptors (Lipinski definition) is 2. The quantitative estimate of drug-likeness (QED) is 0.798. The summed E-state index contributed by atoms with van der Waals surface area (Å²) in [6.45, 7) is 6.07. The lowest BCUT2D eigenvalue weighted by Gasteiger charge is -2.09. The minimum atomic E-state index is 0.435. The summed E-state index contributed by atoms with van der Waals surface area (Å²) >= 11 is 0. The topological polar surface area (TPSA) is 26.2 Å². The molecule has 2 heterocycles. The van der Waals surface area contributed by atoms with Crippen molar-refractivity contribution in [1.29, 1.82) is 0 Å². The highest BCUT2D eigenvalue weighted by atomic mass is 16.5. The predicted molar refractivity (Wildman–Crippen MR) is 60.8 cm³/mol. The third-order valence-electron chi connectivity index (χ3n) is 2.83. The molecule has 0 aliphatic carbocycles. The van der Waals surface area contributed by atoms with E-state index in [0.717, 1.165) is 26.2 Å². The first kappa shape index (κ1) is 10.7. The molecule has 1 unspecified atom stereocenters. The molecular formula is C12H20N2O. The molecule has 0 saturated carbocycles. The van der Waals surface area contributed by atoms with Gasteiger partial charge < -0.3 is 14.6 Å². The molecule has 1 aromatic heterocycles. The maximum Gasteiger partial charge on any atom is 0.0754 e. The molecule has 1 aromatic rings. The Labute approximate surface area is 91.4 Å². The van der Waals surface area contributed by atoms with Gasteiger partial charge in [-0.05, 0) is 31.0 Å². The van der Waals surface area contributed by atoms with Crippen molar-refractivity contribution in [3.05, 3.63) is 24.0 Å². The Morgan fingerprint density at radius 1 is 1.60 bits per heavy atom. The Kier molecular flexibility index (Phi) is 3.80. The summed E-state index contributed by atoms with van der Waals surface area (Å²) in [7, 11) is 0. The predicted octanol–water partition coefficient (Wildman–Crippen LogP) is 1.78. The maximum atomic E-state index is 5.61. The molecule has 1 aliphatic rings. The van der Waals surface area contributed by atoms with Gasteiger partial charge in [-0.2, -0.15) is 0 Å². The monoisotopic (exact) mass is 208 g/mol. The minimum absolute atomic E-state index is 0.435. The van der Waals surface area contributed by atoms with Gasteiger partial charge in [0.2, 0.25) is 0 Å². The van der Waals surface area contributed by atoms with Gasteiger partial charge in [-0.15, -0.1) is 0 Å². The van der Waals surface area contributed by atoms with Crippen LogP contribution in [0.15, 0.2) is 18.5 Å². The molecule has 0 radical (unpaired) electrons. The Hall–Kier alpha value is -0.800. The van der Waals surface area contributed by atoms with Crippen molar-refractivity contribution >= 4 is 0 Å². The maximum absolute atomic E-state index is 5.61. The zero-order chi connectivity index (χ0) is 10.5. The fraction of sp³-hybridized carbons (Fsp3) is 0.667. The second-order valence-corrected chi connectivity index (χ2v) is 4.13. The van der Waals surface area contributed by atoms with Crippen molar-refractivity contribution in [2.75, 3.05) is 13.2 Å². The van der Waals surface area contributed by atoms with E-state index in [1.807, 2.05) is 0 Å². The van der Waals surface area contributed by atoms with Gasteiger partial charge in [0.05, 0.1) is 6.10 Å². The summed E-state index contributed by atoms with van der Waals surface area (Å²) < 4.78 is 7.85. The van der Waals surface area contributed by atoms with Crippen molar-refractivity contribution in [3.63, 3.8) is 0 Å². The van der Waals surface area contributed by atoms with Crippen molar-refractivity contribution in [2.45, 2.75) is 39.0 Å². The third-order valence-corrected chi connectivity index (χ3v) is 2.83. The highest BCUT2D eigenvalue weighted by molar-refractivity contribution is 5.10. The third kappa shape index (κ3) is 3.08. The molecule has 84 valence electrons. The van der Waals surface area contributed by atoms with Crippen molar-refractivity contribution in [2.24, 2.45) is 0 Å². The molecule has 15 heavy (non-hydrogen) atoms. The lowest BCUT2D eigenvalue weighted by atomic mass is 10.2. The second kappa shape index (κ2) is 5.33. The molecule has 3 nitrogen and oxygen atoms in total. The number of rotatable bonds is 5. The van der Waals surface area contributed by atoms with Crippen LogP contribution >= 0.6 is 0 Å².